The maximum Gasteiger partial charge on any atom is 0.262 e. The van der Waals surface area contributed by atoms with Crippen molar-refractivity contribution in [3.05, 3.63) is 29.8 Å². The van der Waals surface area contributed by atoms with E-state index in [-0.39, 0.29) is 24.1 Å². The number of benzene rings is 1. The fraction of sp³-hybridized carbons (Fsp3) is 0.524. The summed E-state index contributed by atoms with van der Waals surface area (Å²) in [5.74, 6) is -0.405. The van der Waals surface area contributed by atoms with Gasteiger partial charge in [-0.25, -0.2) is 0 Å². The lowest BCUT2D eigenvalue weighted by atomic mass is 10.1. The highest BCUT2D eigenvalue weighted by atomic mass is 32.2. The van der Waals surface area contributed by atoms with Gasteiger partial charge in [-0.1, -0.05) is 11.8 Å². The van der Waals surface area contributed by atoms with Gasteiger partial charge in [-0.3, -0.25) is 14.4 Å². The van der Waals surface area contributed by atoms with E-state index in [0.717, 1.165) is 57.0 Å². The third kappa shape index (κ3) is 4.80. The van der Waals surface area contributed by atoms with Gasteiger partial charge in [0.25, 0.3) is 11.8 Å². The number of anilines is 1. The van der Waals surface area contributed by atoms with Gasteiger partial charge in [-0.05, 0) is 56.4 Å². The first-order chi connectivity index (χ1) is 14.1. The molecule has 7 nitrogen and oxygen atoms in total. The van der Waals surface area contributed by atoms with Crippen molar-refractivity contribution >= 4 is 40.3 Å². The van der Waals surface area contributed by atoms with E-state index in [2.05, 4.69) is 15.2 Å². The standard InChI is InChI=1S/C21H26N4O3S/c26-18(14-17-19(27)23-21(29-17)25-12-2-1-3-13-25)22-16-8-6-15(7-9-16)20(28)24-10-4-5-11-24/h6-9,17H,1-5,10-14H2,(H,22,26)/t17-/m0/s1. The number of carbonyl (C=O) groups is 3. The van der Waals surface area contributed by atoms with Gasteiger partial charge < -0.3 is 15.1 Å². The summed E-state index contributed by atoms with van der Waals surface area (Å²) >= 11 is 1.40. The first-order valence-corrected chi connectivity index (χ1v) is 11.2. The lowest BCUT2D eigenvalue weighted by Crippen LogP contribution is -2.33. The van der Waals surface area contributed by atoms with Crippen molar-refractivity contribution in [1.82, 2.24) is 9.80 Å². The second kappa shape index (κ2) is 8.98. The number of rotatable bonds is 4. The van der Waals surface area contributed by atoms with Crippen molar-refractivity contribution < 1.29 is 14.4 Å². The van der Waals surface area contributed by atoms with Crippen molar-refractivity contribution in [3.63, 3.8) is 0 Å². The van der Waals surface area contributed by atoms with Gasteiger partial charge in [0.2, 0.25) is 5.91 Å². The zero-order chi connectivity index (χ0) is 20.2. The molecule has 0 spiro atoms. The van der Waals surface area contributed by atoms with E-state index in [1.165, 1.54) is 18.2 Å². The molecule has 8 heteroatoms. The molecule has 1 aromatic carbocycles. The molecule has 29 heavy (non-hydrogen) atoms. The number of carbonyl (C=O) groups excluding carboxylic acids is 3. The predicted octanol–water partition coefficient (Wildman–Crippen LogP) is 2.74. The number of amides is 3. The van der Waals surface area contributed by atoms with Gasteiger partial charge in [-0.15, -0.1) is 0 Å². The van der Waals surface area contributed by atoms with E-state index < -0.39 is 5.25 Å². The lowest BCUT2D eigenvalue weighted by Gasteiger charge is -2.27. The van der Waals surface area contributed by atoms with Crippen molar-refractivity contribution in [3.8, 4) is 0 Å². The molecule has 4 rings (SSSR count). The van der Waals surface area contributed by atoms with Crippen LogP contribution in [0.4, 0.5) is 5.69 Å². The molecule has 0 bridgehead atoms. The van der Waals surface area contributed by atoms with Crippen LogP contribution in [-0.2, 0) is 9.59 Å². The average molecular weight is 415 g/mol. The zero-order valence-electron chi connectivity index (χ0n) is 16.4. The second-order valence-electron chi connectivity index (χ2n) is 7.72. The number of hydrogen-bond acceptors (Lipinski definition) is 5. The van der Waals surface area contributed by atoms with Crippen molar-refractivity contribution in [2.75, 3.05) is 31.5 Å². The monoisotopic (exact) mass is 414 g/mol. The number of nitrogens with zero attached hydrogens (tertiary/aromatic N) is 3. The van der Waals surface area contributed by atoms with Crippen LogP contribution in [0, 0.1) is 0 Å². The molecule has 1 atom stereocenters. The lowest BCUT2D eigenvalue weighted by molar-refractivity contribution is -0.121. The minimum Gasteiger partial charge on any atom is -0.351 e. The summed E-state index contributed by atoms with van der Waals surface area (Å²) in [4.78, 5) is 45.2. The van der Waals surface area contributed by atoms with Crippen molar-refractivity contribution in [2.45, 2.75) is 43.8 Å². The fourth-order valence-corrected chi connectivity index (χ4v) is 5.03. The van der Waals surface area contributed by atoms with Crippen LogP contribution in [0.25, 0.3) is 0 Å². The second-order valence-corrected chi connectivity index (χ2v) is 8.89. The number of hydrogen-bond donors (Lipinski definition) is 1. The van der Waals surface area contributed by atoms with Crippen LogP contribution in [0.5, 0.6) is 0 Å². The summed E-state index contributed by atoms with van der Waals surface area (Å²) in [6, 6.07) is 6.95. The first kappa shape index (κ1) is 19.9. The Morgan fingerprint density at radius 2 is 1.66 bits per heavy atom. The number of likely N-dealkylation sites (tertiary alicyclic amines) is 2. The molecule has 0 aromatic heterocycles. The summed E-state index contributed by atoms with van der Waals surface area (Å²) in [7, 11) is 0. The molecule has 0 radical (unpaired) electrons. The minimum atomic E-state index is -0.456. The van der Waals surface area contributed by atoms with E-state index in [0.29, 0.717) is 11.3 Å². The number of amidine groups is 1. The molecule has 1 N–H and O–H groups in total. The molecule has 3 aliphatic rings. The number of thioether (sulfide) groups is 1. The largest absolute Gasteiger partial charge is 0.351 e. The smallest absolute Gasteiger partial charge is 0.262 e. The molecular weight excluding hydrogens is 388 g/mol. The summed E-state index contributed by atoms with van der Waals surface area (Å²) in [6.07, 6.45) is 5.67. The first-order valence-electron chi connectivity index (χ1n) is 10.3. The minimum absolute atomic E-state index is 0.0377. The Bertz CT molecular complexity index is 812. The van der Waals surface area contributed by atoms with Crippen molar-refractivity contribution in [2.24, 2.45) is 4.99 Å². The third-order valence-electron chi connectivity index (χ3n) is 5.54. The fourth-order valence-electron chi connectivity index (χ4n) is 3.91. The van der Waals surface area contributed by atoms with Crippen LogP contribution in [-0.4, -0.2) is 64.1 Å². The molecule has 2 saturated heterocycles. The van der Waals surface area contributed by atoms with Crippen LogP contribution < -0.4 is 5.32 Å². The number of aliphatic imine (C=N–C) groups is 1. The SMILES string of the molecule is O=C(C[C@@H]1SC(N2CCCCC2)=NC1=O)Nc1ccc(C(=O)N2CCCC2)cc1. The Morgan fingerprint density at radius 3 is 2.34 bits per heavy atom. The molecule has 2 fully saturated rings. The van der Waals surface area contributed by atoms with Gasteiger partial charge in [0, 0.05) is 43.9 Å². The Labute approximate surface area is 174 Å². The summed E-state index contributed by atoms with van der Waals surface area (Å²) in [6.45, 7) is 3.48. The Morgan fingerprint density at radius 1 is 1.00 bits per heavy atom. The van der Waals surface area contributed by atoms with Crippen LogP contribution in [0.1, 0.15) is 48.9 Å². The normalized spacial score (nSPS) is 22.0. The maximum absolute atomic E-state index is 12.4. The van der Waals surface area contributed by atoms with Gasteiger partial charge in [-0.2, -0.15) is 4.99 Å². The molecular formula is C21H26N4O3S. The van der Waals surface area contributed by atoms with Crippen LogP contribution >= 0.6 is 11.8 Å². The summed E-state index contributed by atoms with van der Waals surface area (Å²) < 4.78 is 0. The summed E-state index contributed by atoms with van der Waals surface area (Å²) in [5, 5.41) is 3.13. The van der Waals surface area contributed by atoms with E-state index in [1.807, 2.05) is 4.90 Å². The van der Waals surface area contributed by atoms with E-state index in [1.54, 1.807) is 24.3 Å². The topological polar surface area (TPSA) is 82.1 Å². The van der Waals surface area contributed by atoms with Crippen molar-refractivity contribution in [1.29, 1.82) is 0 Å². The number of piperidine rings is 1. The molecule has 0 unspecified atom stereocenters. The molecule has 3 amide bonds. The van der Waals surface area contributed by atoms with E-state index >= 15 is 0 Å². The predicted molar refractivity (Wildman–Crippen MR) is 114 cm³/mol. The molecule has 154 valence electrons. The highest BCUT2D eigenvalue weighted by Crippen LogP contribution is 2.29. The summed E-state index contributed by atoms with van der Waals surface area (Å²) in [5.41, 5.74) is 1.26. The van der Waals surface area contributed by atoms with Gasteiger partial charge >= 0.3 is 0 Å². The van der Waals surface area contributed by atoms with Crippen LogP contribution in [0.2, 0.25) is 0 Å². The molecule has 0 saturated carbocycles. The van der Waals surface area contributed by atoms with Crippen LogP contribution in [0.15, 0.2) is 29.3 Å². The molecule has 3 heterocycles. The Balaban J connectivity index is 1.28. The molecule has 0 aliphatic carbocycles. The van der Waals surface area contributed by atoms with Gasteiger partial charge in [0.15, 0.2) is 5.17 Å². The number of nitrogens with one attached hydrogen (secondary N) is 1. The van der Waals surface area contributed by atoms with Gasteiger partial charge in [0.1, 0.15) is 5.25 Å². The highest BCUT2D eigenvalue weighted by molar-refractivity contribution is 8.15. The van der Waals surface area contributed by atoms with E-state index in [9.17, 15) is 14.4 Å². The Kier molecular flexibility index (Phi) is 6.18. The third-order valence-corrected chi connectivity index (χ3v) is 6.75. The Hall–Kier alpha value is -2.35. The average Bonchev–Trinajstić information content (AvgIpc) is 3.39. The quantitative estimate of drug-likeness (QED) is 0.819. The highest BCUT2D eigenvalue weighted by Gasteiger charge is 2.33. The maximum atomic E-state index is 12.4. The zero-order valence-corrected chi connectivity index (χ0v) is 17.2. The molecule has 1 aromatic rings. The molecule has 3 aliphatic heterocycles. The van der Waals surface area contributed by atoms with E-state index in [4.69, 9.17) is 0 Å². The van der Waals surface area contributed by atoms with Gasteiger partial charge in [0.05, 0.1) is 0 Å². The van der Waals surface area contributed by atoms with Crippen LogP contribution in [0.3, 0.4) is 0 Å².